The van der Waals surface area contributed by atoms with E-state index in [1.54, 1.807) is 7.05 Å². The fraction of sp³-hybridized carbons (Fsp3) is 0.909. The van der Waals surface area contributed by atoms with E-state index in [-0.39, 0.29) is 23.7 Å². The van der Waals surface area contributed by atoms with Gasteiger partial charge in [0.15, 0.2) is 0 Å². The lowest BCUT2D eigenvalue weighted by Crippen LogP contribution is -2.29. The summed E-state index contributed by atoms with van der Waals surface area (Å²) in [5.74, 6) is 0.0870. The molecule has 15 heavy (non-hydrogen) atoms. The number of ether oxygens (including phenoxy) is 1. The Kier molecular flexibility index (Phi) is 4.11. The molecule has 0 aromatic heterocycles. The maximum Gasteiger partial charge on any atom is 0.221 e. The third kappa shape index (κ3) is 4.62. The number of rotatable bonds is 3. The second-order valence-electron chi connectivity index (χ2n) is 5.07. The van der Waals surface area contributed by atoms with Gasteiger partial charge in [-0.25, -0.2) is 0 Å². The molecule has 1 aliphatic heterocycles. The Morgan fingerprint density at radius 1 is 1.53 bits per heavy atom. The van der Waals surface area contributed by atoms with E-state index < -0.39 is 0 Å². The van der Waals surface area contributed by atoms with Gasteiger partial charge >= 0.3 is 0 Å². The first kappa shape index (κ1) is 12.5. The zero-order chi connectivity index (χ0) is 11.5. The van der Waals surface area contributed by atoms with Crippen LogP contribution in [-0.4, -0.2) is 37.2 Å². The standard InChI is InChI=1S/C11H22N2O2/c1-11(2,3)15-9-5-8(13-7-9)6-10(14)12-4/h8-9,13H,5-7H2,1-4H3,(H,12,14)/t8-,9+/m0/s1. The minimum atomic E-state index is -0.103. The summed E-state index contributed by atoms with van der Waals surface area (Å²) in [5.41, 5.74) is -0.103. The van der Waals surface area contributed by atoms with Gasteiger partial charge in [0, 0.05) is 26.1 Å². The number of amides is 1. The van der Waals surface area contributed by atoms with E-state index in [0.717, 1.165) is 13.0 Å². The zero-order valence-electron chi connectivity index (χ0n) is 10.1. The number of nitrogens with one attached hydrogen (secondary N) is 2. The maximum absolute atomic E-state index is 11.2. The average molecular weight is 214 g/mol. The van der Waals surface area contributed by atoms with Crippen molar-refractivity contribution in [3.05, 3.63) is 0 Å². The number of carbonyl (C=O) groups is 1. The van der Waals surface area contributed by atoms with E-state index in [4.69, 9.17) is 4.74 Å². The van der Waals surface area contributed by atoms with Crippen LogP contribution in [0, 0.1) is 0 Å². The van der Waals surface area contributed by atoms with Gasteiger partial charge in [0.2, 0.25) is 5.91 Å². The topological polar surface area (TPSA) is 50.4 Å². The lowest BCUT2D eigenvalue weighted by Gasteiger charge is -2.24. The molecular weight excluding hydrogens is 192 g/mol. The molecule has 1 saturated heterocycles. The molecule has 0 radical (unpaired) electrons. The van der Waals surface area contributed by atoms with Gasteiger partial charge in [0.25, 0.3) is 0 Å². The summed E-state index contributed by atoms with van der Waals surface area (Å²) in [6.45, 7) is 7.01. The Bertz CT molecular complexity index is 223. The van der Waals surface area contributed by atoms with Crippen LogP contribution in [0.1, 0.15) is 33.6 Å². The predicted molar refractivity (Wildman–Crippen MR) is 59.7 cm³/mol. The third-order valence-corrected chi connectivity index (χ3v) is 2.41. The van der Waals surface area contributed by atoms with Gasteiger partial charge in [-0.2, -0.15) is 0 Å². The van der Waals surface area contributed by atoms with Crippen molar-refractivity contribution in [2.45, 2.75) is 51.4 Å². The van der Waals surface area contributed by atoms with Gasteiger partial charge in [-0.05, 0) is 27.2 Å². The van der Waals surface area contributed by atoms with Crippen molar-refractivity contribution in [3.63, 3.8) is 0 Å². The van der Waals surface area contributed by atoms with Crippen LogP contribution in [0.25, 0.3) is 0 Å². The van der Waals surface area contributed by atoms with Gasteiger partial charge in [0.1, 0.15) is 0 Å². The Hall–Kier alpha value is -0.610. The van der Waals surface area contributed by atoms with Crippen molar-refractivity contribution in [2.75, 3.05) is 13.6 Å². The second kappa shape index (κ2) is 4.94. The quantitative estimate of drug-likeness (QED) is 0.726. The molecule has 4 heteroatoms. The molecule has 0 unspecified atom stereocenters. The Morgan fingerprint density at radius 3 is 2.73 bits per heavy atom. The first-order chi connectivity index (χ1) is 6.90. The summed E-state index contributed by atoms with van der Waals surface area (Å²) < 4.78 is 5.85. The molecule has 4 nitrogen and oxygen atoms in total. The molecule has 88 valence electrons. The van der Waals surface area contributed by atoms with E-state index in [1.807, 2.05) is 0 Å². The molecular formula is C11H22N2O2. The second-order valence-corrected chi connectivity index (χ2v) is 5.07. The van der Waals surface area contributed by atoms with Crippen molar-refractivity contribution >= 4 is 5.91 Å². The predicted octanol–water partition coefficient (Wildman–Crippen LogP) is 0.668. The van der Waals surface area contributed by atoms with Crippen LogP contribution in [0.5, 0.6) is 0 Å². The summed E-state index contributed by atoms with van der Waals surface area (Å²) in [6, 6.07) is 0.261. The highest BCUT2D eigenvalue weighted by atomic mass is 16.5. The number of carbonyl (C=O) groups excluding carboxylic acids is 1. The highest BCUT2D eigenvalue weighted by molar-refractivity contribution is 5.76. The Morgan fingerprint density at radius 2 is 2.20 bits per heavy atom. The van der Waals surface area contributed by atoms with Gasteiger partial charge in [-0.1, -0.05) is 0 Å². The van der Waals surface area contributed by atoms with Crippen molar-refractivity contribution < 1.29 is 9.53 Å². The average Bonchev–Trinajstić information content (AvgIpc) is 2.49. The lowest BCUT2D eigenvalue weighted by molar-refractivity contribution is -0.121. The summed E-state index contributed by atoms with van der Waals surface area (Å²) >= 11 is 0. The number of hydrogen-bond donors (Lipinski definition) is 2. The van der Waals surface area contributed by atoms with Crippen LogP contribution in [0.3, 0.4) is 0 Å². The molecule has 0 aliphatic carbocycles. The monoisotopic (exact) mass is 214 g/mol. The fourth-order valence-electron chi connectivity index (χ4n) is 1.85. The van der Waals surface area contributed by atoms with E-state index in [2.05, 4.69) is 31.4 Å². The molecule has 2 atom stereocenters. The highest BCUT2D eigenvalue weighted by Gasteiger charge is 2.29. The van der Waals surface area contributed by atoms with Gasteiger partial charge in [-0.3, -0.25) is 4.79 Å². The third-order valence-electron chi connectivity index (χ3n) is 2.41. The molecule has 1 amide bonds. The summed E-state index contributed by atoms with van der Waals surface area (Å²) in [6.07, 6.45) is 1.70. The molecule has 0 spiro atoms. The SMILES string of the molecule is CNC(=O)C[C@@H]1C[C@@H](OC(C)(C)C)CN1. The largest absolute Gasteiger partial charge is 0.371 e. The molecule has 1 rings (SSSR count). The van der Waals surface area contributed by atoms with E-state index in [9.17, 15) is 4.79 Å². The van der Waals surface area contributed by atoms with E-state index in [1.165, 1.54) is 0 Å². The smallest absolute Gasteiger partial charge is 0.221 e. The van der Waals surface area contributed by atoms with Gasteiger partial charge < -0.3 is 15.4 Å². The van der Waals surface area contributed by atoms with E-state index >= 15 is 0 Å². The highest BCUT2D eigenvalue weighted by Crippen LogP contribution is 2.19. The summed E-state index contributed by atoms with van der Waals surface area (Å²) in [7, 11) is 1.67. The fourth-order valence-corrected chi connectivity index (χ4v) is 1.85. The molecule has 1 aliphatic rings. The summed E-state index contributed by atoms with van der Waals surface area (Å²) in [5, 5.41) is 5.94. The Labute approximate surface area is 91.8 Å². The molecule has 2 N–H and O–H groups in total. The minimum absolute atomic E-state index is 0.0870. The molecule has 0 aromatic carbocycles. The summed E-state index contributed by atoms with van der Waals surface area (Å²) in [4.78, 5) is 11.2. The van der Waals surface area contributed by atoms with Crippen LogP contribution in [0.15, 0.2) is 0 Å². The minimum Gasteiger partial charge on any atom is -0.371 e. The van der Waals surface area contributed by atoms with E-state index in [0.29, 0.717) is 6.42 Å². The number of hydrogen-bond acceptors (Lipinski definition) is 3. The van der Waals surface area contributed by atoms with Gasteiger partial charge in [0.05, 0.1) is 11.7 Å². The van der Waals surface area contributed by atoms with Crippen molar-refractivity contribution in [1.29, 1.82) is 0 Å². The molecule has 1 heterocycles. The lowest BCUT2D eigenvalue weighted by atomic mass is 10.1. The van der Waals surface area contributed by atoms with Crippen LogP contribution in [0.2, 0.25) is 0 Å². The Balaban J connectivity index is 2.30. The first-order valence-electron chi connectivity index (χ1n) is 5.52. The van der Waals surface area contributed by atoms with Crippen molar-refractivity contribution in [2.24, 2.45) is 0 Å². The zero-order valence-corrected chi connectivity index (χ0v) is 10.1. The van der Waals surface area contributed by atoms with Crippen molar-refractivity contribution in [1.82, 2.24) is 10.6 Å². The molecule has 0 saturated carbocycles. The molecule has 0 aromatic rings. The first-order valence-corrected chi connectivity index (χ1v) is 5.52. The van der Waals surface area contributed by atoms with Crippen LogP contribution in [0.4, 0.5) is 0 Å². The van der Waals surface area contributed by atoms with Gasteiger partial charge in [-0.15, -0.1) is 0 Å². The molecule has 1 fully saturated rings. The van der Waals surface area contributed by atoms with Crippen molar-refractivity contribution in [3.8, 4) is 0 Å². The van der Waals surface area contributed by atoms with Crippen LogP contribution >= 0.6 is 0 Å². The van der Waals surface area contributed by atoms with Crippen LogP contribution < -0.4 is 10.6 Å². The maximum atomic E-state index is 11.2. The van der Waals surface area contributed by atoms with Crippen LogP contribution in [-0.2, 0) is 9.53 Å². The normalized spacial score (nSPS) is 26.7. The molecule has 0 bridgehead atoms.